The van der Waals surface area contributed by atoms with E-state index in [1.165, 1.54) is 6.08 Å². The van der Waals surface area contributed by atoms with Gasteiger partial charge in [-0.15, -0.1) is 0 Å². The lowest BCUT2D eigenvalue weighted by molar-refractivity contribution is -0.134. The highest BCUT2D eigenvalue weighted by atomic mass is 16.4. The Bertz CT molecular complexity index is 244. The third kappa shape index (κ3) is 5.35. The van der Waals surface area contributed by atoms with Crippen molar-refractivity contribution in [2.24, 2.45) is 5.92 Å². The fraction of sp³-hybridized carbons (Fsp3) is 0.600. The van der Waals surface area contributed by atoms with Gasteiger partial charge in [-0.25, -0.2) is 4.79 Å². The van der Waals surface area contributed by atoms with Gasteiger partial charge in [0, 0.05) is 6.42 Å². The van der Waals surface area contributed by atoms with Crippen LogP contribution < -0.4 is 5.32 Å². The largest absolute Gasteiger partial charge is 0.477 e. The molecule has 1 amide bonds. The van der Waals surface area contributed by atoms with Gasteiger partial charge in [-0.05, 0) is 19.3 Å². The van der Waals surface area contributed by atoms with Crippen LogP contribution in [0.5, 0.6) is 0 Å². The van der Waals surface area contributed by atoms with Gasteiger partial charge in [-0.1, -0.05) is 19.9 Å². The molecule has 0 unspecified atom stereocenters. The molecule has 0 saturated heterocycles. The molecule has 0 aliphatic carbocycles. The quantitative estimate of drug-likeness (QED) is 0.660. The monoisotopic (exact) mass is 199 g/mol. The molecule has 0 aliphatic heterocycles. The Morgan fingerprint density at radius 1 is 1.43 bits per heavy atom. The molecule has 4 heteroatoms. The number of carboxylic acids is 1. The average molecular weight is 199 g/mol. The normalized spacial score (nSPS) is 11.6. The van der Waals surface area contributed by atoms with Crippen LogP contribution in [-0.4, -0.2) is 17.0 Å². The number of rotatable bonds is 5. The Labute approximate surface area is 84.0 Å². The molecule has 0 aliphatic rings. The number of hydrogen-bond acceptors (Lipinski definition) is 2. The first-order valence-corrected chi connectivity index (χ1v) is 4.66. The van der Waals surface area contributed by atoms with Gasteiger partial charge in [0.05, 0.1) is 0 Å². The molecule has 0 heterocycles. The lowest BCUT2D eigenvalue weighted by Gasteiger charge is -2.06. The minimum absolute atomic E-state index is 0.0567. The van der Waals surface area contributed by atoms with Gasteiger partial charge in [0.25, 0.3) is 0 Å². The minimum atomic E-state index is -1.11. The highest BCUT2D eigenvalue weighted by molar-refractivity contribution is 5.92. The Morgan fingerprint density at radius 2 is 2.00 bits per heavy atom. The van der Waals surface area contributed by atoms with Crippen LogP contribution in [0.2, 0.25) is 0 Å². The molecule has 2 N–H and O–H groups in total. The van der Waals surface area contributed by atoms with E-state index in [4.69, 9.17) is 5.11 Å². The van der Waals surface area contributed by atoms with E-state index in [0.717, 1.165) is 6.42 Å². The van der Waals surface area contributed by atoms with Gasteiger partial charge >= 0.3 is 5.97 Å². The van der Waals surface area contributed by atoms with Crippen LogP contribution in [0.1, 0.15) is 33.6 Å². The summed E-state index contributed by atoms with van der Waals surface area (Å²) in [6.07, 6.45) is 2.50. The molecule has 0 fully saturated rings. The topological polar surface area (TPSA) is 66.4 Å². The maximum Gasteiger partial charge on any atom is 0.352 e. The Morgan fingerprint density at radius 3 is 2.36 bits per heavy atom. The second-order valence-corrected chi connectivity index (χ2v) is 3.49. The lowest BCUT2D eigenvalue weighted by atomic mass is 10.1. The number of carboxylic acid groups (broad SMARTS) is 1. The third-order valence-electron chi connectivity index (χ3n) is 1.74. The summed E-state index contributed by atoms with van der Waals surface area (Å²) >= 11 is 0. The number of carbonyl (C=O) groups excluding carboxylic acids is 1. The molecule has 0 bridgehead atoms. The highest BCUT2D eigenvalue weighted by Gasteiger charge is 2.10. The molecule has 4 nitrogen and oxygen atoms in total. The first-order valence-electron chi connectivity index (χ1n) is 4.66. The van der Waals surface area contributed by atoms with Crippen LogP contribution in [0.25, 0.3) is 0 Å². The fourth-order valence-electron chi connectivity index (χ4n) is 0.882. The van der Waals surface area contributed by atoms with Gasteiger partial charge < -0.3 is 10.4 Å². The van der Waals surface area contributed by atoms with E-state index in [1.807, 2.05) is 13.8 Å². The summed E-state index contributed by atoms with van der Waals surface area (Å²) in [5, 5.41) is 11.0. The van der Waals surface area contributed by atoms with Gasteiger partial charge in [0.2, 0.25) is 5.91 Å². The van der Waals surface area contributed by atoms with Crippen LogP contribution in [0, 0.1) is 5.92 Å². The number of amides is 1. The number of carbonyl (C=O) groups is 2. The summed E-state index contributed by atoms with van der Waals surface area (Å²) in [4.78, 5) is 21.7. The highest BCUT2D eigenvalue weighted by Crippen LogP contribution is 2.03. The fourth-order valence-corrected chi connectivity index (χ4v) is 0.882. The zero-order valence-corrected chi connectivity index (χ0v) is 8.83. The molecular formula is C10H17NO3. The molecule has 0 spiro atoms. The molecular weight excluding hydrogens is 182 g/mol. The molecule has 14 heavy (non-hydrogen) atoms. The lowest BCUT2D eigenvalue weighted by Crippen LogP contribution is -2.27. The summed E-state index contributed by atoms with van der Waals surface area (Å²) in [5.41, 5.74) is -0.0567. The van der Waals surface area contributed by atoms with E-state index in [1.54, 1.807) is 6.92 Å². The zero-order valence-electron chi connectivity index (χ0n) is 8.83. The predicted molar refractivity (Wildman–Crippen MR) is 53.6 cm³/mol. The van der Waals surface area contributed by atoms with E-state index < -0.39 is 5.97 Å². The van der Waals surface area contributed by atoms with Crippen molar-refractivity contribution < 1.29 is 14.7 Å². The van der Waals surface area contributed by atoms with Crippen LogP contribution in [0.3, 0.4) is 0 Å². The first-order chi connectivity index (χ1) is 6.47. The summed E-state index contributed by atoms with van der Waals surface area (Å²) in [7, 11) is 0. The second kappa shape index (κ2) is 6.18. The number of hydrogen-bond donors (Lipinski definition) is 2. The maximum atomic E-state index is 11.2. The molecule has 80 valence electrons. The van der Waals surface area contributed by atoms with Crippen LogP contribution >= 0.6 is 0 Å². The molecule has 0 radical (unpaired) electrons. The van der Waals surface area contributed by atoms with Gasteiger partial charge in [0.1, 0.15) is 5.70 Å². The van der Waals surface area contributed by atoms with Crippen molar-refractivity contribution in [2.45, 2.75) is 33.6 Å². The maximum absolute atomic E-state index is 11.2. The Balaban J connectivity index is 3.99. The number of aliphatic carboxylic acids is 1. The van der Waals surface area contributed by atoms with Crippen molar-refractivity contribution in [2.75, 3.05) is 0 Å². The van der Waals surface area contributed by atoms with Crippen LogP contribution in [0.15, 0.2) is 11.8 Å². The predicted octanol–water partition coefficient (Wildman–Crippen LogP) is 1.53. The minimum Gasteiger partial charge on any atom is -0.477 e. The molecule has 0 rings (SSSR count). The third-order valence-corrected chi connectivity index (χ3v) is 1.74. The van der Waals surface area contributed by atoms with E-state index in [2.05, 4.69) is 5.32 Å². The molecule has 0 aromatic heterocycles. The molecule has 0 saturated carbocycles. The van der Waals surface area contributed by atoms with Crippen molar-refractivity contribution >= 4 is 11.9 Å². The van der Waals surface area contributed by atoms with Crippen LogP contribution in [-0.2, 0) is 9.59 Å². The summed E-state index contributed by atoms with van der Waals surface area (Å²) in [6.45, 7) is 5.61. The summed E-state index contributed by atoms with van der Waals surface area (Å²) in [5.74, 6) is -0.903. The molecule has 0 aromatic carbocycles. The molecule has 0 aromatic rings. The van der Waals surface area contributed by atoms with Crippen molar-refractivity contribution in [3.63, 3.8) is 0 Å². The average Bonchev–Trinajstić information content (AvgIpc) is 2.10. The summed E-state index contributed by atoms with van der Waals surface area (Å²) in [6, 6.07) is 0. The van der Waals surface area contributed by atoms with Gasteiger partial charge in [-0.3, -0.25) is 4.79 Å². The Hall–Kier alpha value is -1.32. The second-order valence-electron chi connectivity index (χ2n) is 3.49. The van der Waals surface area contributed by atoms with Crippen molar-refractivity contribution in [3.8, 4) is 0 Å². The first kappa shape index (κ1) is 12.7. The van der Waals surface area contributed by atoms with Crippen molar-refractivity contribution in [1.29, 1.82) is 0 Å². The van der Waals surface area contributed by atoms with Gasteiger partial charge in [0.15, 0.2) is 0 Å². The van der Waals surface area contributed by atoms with Gasteiger partial charge in [-0.2, -0.15) is 0 Å². The number of nitrogens with one attached hydrogen (secondary N) is 1. The standard InChI is InChI=1S/C10H17NO3/c1-4-8(10(13)14)11-9(12)6-5-7(2)3/h4,7H,5-6H2,1-3H3,(H,11,12)(H,13,14). The Kier molecular flexibility index (Phi) is 5.60. The van der Waals surface area contributed by atoms with Crippen LogP contribution in [0.4, 0.5) is 0 Å². The zero-order chi connectivity index (χ0) is 11.1. The molecule has 0 atom stereocenters. The van der Waals surface area contributed by atoms with E-state index in [0.29, 0.717) is 12.3 Å². The van der Waals surface area contributed by atoms with E-state index >= 15 is 0 Å². The smallest absolute Gasteiger partial charge is 0.352 e. The summed E-state index contributed by atoms with van der Waals surface area (Å²) < 4.78 is 0. The van der Waals surface area contributed by atoms with E-state index in [9.17, 15) is 9.59 Å². The van der Waals surface area contributed by atoms with Crippen molar-refractivity contribution in [3.05, 3.63) is 11.8 Å². The SMILES string of the molecule is CC=C(NC(=O)CCC(C)C)C(=O)O. The van der Waals surface area contributed by atoms with E-state index in [-0.39, 0.29) is 11.6 Å². The number of allylic oxidation sites excluding steroid dienone is 1. The van der Waals surface area contributed by atoms with Crippen molar-refractivity contribution in [1.82, 2.24) is 5.32 Å².